The highest BCUT2D eigenvalue weighted by Crippen LogP contribution is 2.24. The number of methoxy groups -OCH3 is 1. The number of hydrogen-bond donors (Lipinski definition) is 2. The smallest absolute Gasteiger partial charge is 0.240 e. The molecular weight excluding hydrogens is 308 g/mol. The normalized spacial score (nSPS) is 22.4. The van der Waals surface area contributed by atoms with Gasteiger partial charge in [-0.2, -0.15) is 0 Å². The summed E-state index contributed by atoms with van der Waals surface area (Å²) in [5.41, 5.74) is 7.04. The van der Waals surface area contributed by atoms with Gasteiger partial charge in [0.1, 0.15) is 4.99 Å². The molecule has 1 saturated carbocycles. The van der Waals surface area contributed by atoms with Gasteiger partial charge in [0.05, 0.1) is 11.0 Å². The van der Waals surface area contributed by atoms with Gasteiger partial charge in [-0.15, -0.1) is 0 Å². The molecule has 1 aromatic rings. The zero-order valence-corrected chi connectivity index (χ0v) is 13.8. The Labute approximate surface area is 130 Å². The zero-order chi connectivity index (χ0) is 15.6. The van der Waals surface area contributed by atoms with Gasteiger partial charge in [-0.3, -0.25) is 0 Å². The van der Waals surface area contributed by atoms with E-state index >= 15 is 0 Å². The minimum Gasteiger partial charge on any atom is -0.389 e. The first-order valence-electron chi connectivity index (χ1n) is 6.79. The number of nitrogens with two attached hydrogens (primary N) is 1. The Kier molecular flexibility index (Phi) is 4.98. The number of rotatable bonds is 5. The summed E-state index contributed by atoms with van der Waals surface area (Å²) in [6, 6.07) is 4.71. The summed E-state index contributed by atoms with van der Waals surface area (Å²) in [7, 11) is -1.88. The van der Waals surface area contributed by atoms with Crippen LogP contribution in [0.2, 0.25) is 0 Å². The van der Waals surface area contributed by atoms with Crippen molar-refractivity contribution in [3.8, 4) is 0 Å². The molecule has 1 aromatic carbocycles. The summed E-state index contributed by atoms with van der Waals surface area (Å²) in [5, 5.41) is 0. The van der Waals surface area contributed by atoms with Crippen LogP contribution in [0.3, 0.4) is 0 Å². The fourth-order valence-electron chi connectivity index (χ4n) is 2.63. The third-order valence-electron chi connectivity index (χ3n) is 3.81. The number of ether oxygens (including phenoxy) is 1. The van der Waals surface area contributed by atoms with Crippen LogP contribution in [-0.4, -0.2) is 32.7 Å². The Morgan fingerprint density at radius 3 is 2.67 bits per heavy atom. The average Bonchev–Trinajstić information content (AvgIpc) is 2.85. The highest BCUT2D eigenvalue weighted by Gasteiger charge is 2.28. The van der Waals surface area contributed by atoms with Crippen LogP contribution in [0.25, 0.3) is 0 Å². The fourth-order valence-corrected chi connectivity index (χ4v) is 4.23. The molecule has 2 unspecified atom stereocenters. The van der Waals surface area contributed by atoms with Crippen molar-refractivity contribution in [3.05, 3.63) is 29.3 Å². The van der Waals surface area contributed by atoms with Crippen LogP contribution >= 0.6 is 12.2 Å². The van der Waals surface area contributed by atoms with E-state index in [1.54, 1.807) is 26.2 Å². The molecule has 0 bridgehead atoms. The SMILES string of the molecule is COC1CCC(NS(=O)(=O)c2ccc(C(N)=S)c(C)c2)C1. The average molecular weight is 328 g/mol. The molecule has 3 N–H and O–H groups in total. The first-order valence-corrected chi connectivity index (χ1v) is 8.68. The van der Waals surface area contributed by atoms with Crippen LogP contribution in [0.5, 0.6) is 0 Å². The standard InChI is InChI=1S/C14H20N2O3S2/c1-9-7-12(5-6-13(9)14(15)20)21(17,18)16-10-3-4-11(8-10)19-2/h5-7,10-11,16H,3-4,8H2,1-2H3,(H2,15,20). The van der Waals surface area contributed by atoms with E-state index in [1.807, 2.05) is 0 Å². The van der Waals surface area contributed by atoms with Crippen LogP contribution in [0, 0.1) is 6.92 Å². The third kappa shape index (κ3) is 3.79. The maximum atomic E-state index is 12.4. The van der Waals surface area contributed by atoms with Crippen LogP contribution in [-0.2, 0) is 14.8 Å². The Morgan fingerprint density at radius 1 is 1.43 bits per heavy atom. The van der Waals surface area contributed by atoms with E-state index in [2.05, 4.69) is 4.72 Å². The molecule has 2 rings (SSSR count). The molecular formula is C14H20N2O3S2. The molecule has 5 nitrogen and oxygen atoms in total. The van der Waals surface area contributed by atoms with Crippen molar-refractivity contribution < 1.29 is 13.2 Å². The Balaban J connectivity index is 2.16. The van der Waals surface area contributed by atoms with E-state index < -0.39 is 10.0 Å². The minimum absolute atomic E-state index is 0.0736. The lowest BCUT2D eigenvalue weighted by Crippen LogP contribution is -2.33. The van der Waals surface area contributed by atoms with Crippen LogP contribution in [0.4, 0.5) is 0 Å². The van der Waals surface area contributed by atoms with Crippen molar-refractivity contribution in [2.45, 2.75) is 43.2 Å². The Morgan fingerprint density at radius 2 is 2.14 bits per heavy atom. The van der Waals surface area contributed by atoms with E-state index in [4.69, 9.17) is 22.7 Å². The van der Waals surface area contributed by atoms with E-state index in [0.29, 0.717) is 12.0 Å². The zero-order valence-electron chi connectivity index (χ0n) is 12.1. The second kappa shape index (κ2) is 6.39. The van der Waals surface area contributed by atoms with Gasteiger partial charge >= 0.3 is 0 Å². The van der Waals surface area contributed by atoms with Crippen LogP contribution < -0.4 is 10.5 Å². The lowest BCUT2D eigenvalue weighted by atomic mass is 10.1. The van der Waals surface area contributed by atoms with Crippen molar-refractivity contribution in [3.63, 3.8) is 0 Å². The van der Waals surface area contributed by atoms with E-state index in [-0.39, 0.29) is 22.0 Å². The molecule has 1 fully saturated rings. The van der Waals surface area contributed by atoms with Gasteiger partial charge < -0.3 is 10.5 Å². The van der Waals surface area contributed by atoms with Gasteiger partial charge in [0.15, 0.2) is 0 Å². The Bertz CT molecular complexity index is 644. The summed E-state index contributed by atoms with van der Waals surface area (Å²) in [5.74, 6) is 0. The maximum absolute atomic E-state index is 12.4. The summed E-state index contributed by atoms with van der Waals surface area (Å²) in [6.07, 6.45) is 2.52. The van der Waals surface area contributed by atoms with E-state index in [0.717, 1.165) is 18.4 Å². The molecule has 21 heavy (non-hydrogen) atoms. The quantitative estimate of drug-likeness (QED) is 0.800. The molecule has 0 amide bonds. The molecule has 1 aliphatic carbocycles. The first-order chi connectivity index (χ1) is 9.83. The monoisotopic (exact) mass is 328 g/mol. The second-order valence-corrected chi connectivity index (χ2v) is 7.48. The van der Waals surface area contributed by atoms with Gasteiger partial charge in [0, 0.05) is 18.7 Å². The van der Waals surface area contributed by atoms with Crippen LogP contribution in [0.1, 0.15) is 30.4 Å². The molecule has 1 aliphatic rings. The van der Waals surface area contributed by atoms with Crippen molar-refractivity contribution >= 4 is 27.2 Å². The van der Waals surface area contributed by atoms with E-state index in [9.17, 15) is 8.42 Å². The van der Waals surface area contributed by atoms with Gasteiger partial charge in [-0.05, 0) is 43.9 Å². The van der Waals surface area contributed by atoms with Gasteiger partial charge in [0.2, 0.25) is 10.0 Å². The molecule has 116 valence electrons. The molecule has 0 spiro atoms. The predicted octanol–water partition coefficient (Wildman–Crippen LogP) is 1.48. The number of nitrogens with one attached hydrogen (secondary N) is 1. The maximum Gasteiger partial charge on any atom is 0.240 e. The van der Waals surface area contributed by atoms with Gasteiger partial charge in [-0.25, -0.2) is 13.1 Å². The molecule has 0 saturated heterocycles. The number of hydrogen-bond acceptors (Lipinski definition) is 4. The Hall–Kier alpha value is -1.02. The number of thiocarbonyl (C=S) groups is 1. The van der Waals surface area contributed by atoms with Gasteiger partial charge in [-0.1, -0.05) is 18.3 Å². The molecule has 7 heteroatoms. The summed E-state index contributed by atoms with van der Waals surface area (Å²) < 4.78 is 32.8. The lowest BCUT2D eigenvalue weighted by Gasteiger charge is -2.14. The third-order valence-corrected chi connectivity index (χ3v) is 5.55. The fraction of sp³-hybridized carbons (Fsp3) is 0.500. The molecule has 2 atom stereocenters. The summed E-state index contributed by atoms with van der Waals surface area (Å²) in [6.45, 7) is 1.80. The largest absolute Gasteiger partial charge is 0.389 e. The highest BCUT2D eigenvalue weighted by atomic mass is 32.2. The number of sulfonamides is 1. The predicted molar refractivity (Wildman–Crippen MR) is 85.8 cm³/mol. The molecule has 0 aromatic heterocycles. The van der Waals surface area contributed by atoms with Crippen molar-refractivity contribution in [1.82, 2.24) is 4.72 Å². The molecule has 0 aliphatic heterocycles. The second-order valence-electron chi connectivity index (χ2n) is 5.33. The lowest BCUT2D eigenvalue weighted by molar-refractivity contribution is 0.107. The van der Waals surface area contributed by atoms with Crippen molar-refractivity contribution in [1.29, 1.82) is 0 Å². The van der Waals surface area contributed by atoms with Gasteiger partial charge in [0.25, 0.3) is 0 Å². The number of aryl methyl sites for hydroxylation is 1. The topological polar surface area (TPSA) is 81.4 Å². The molecule has 0 heterocycles. The number of benzene rings is 1. The van der Waals surface area contributed by atoms with Crippen molar-refractivity contribution in [2.75, 3.05) is 7.11 Å². The first kappa shape index (κ1) is 16.4. The highest BCUT2D eigenvalue weighted by molar-refractivity contribution is 7.89. The van der Waals surface area contributed by atoms with E-state index in [1.165, 1.54) is 6.07 Å². The van der Waals surface area contributed by atoms with Crippen molar-refractivity contribution in [2.24, 2.45) is 5.73 Å². The van der Waals surface area contributed by atoms with Crippen LogP contribution in [0.15, 0.2) is 23.1 Å². The summed E-state index contributed by atoms with van der Waals surface area (Å²) >= 11 is 4.93. The summed E-state index contributed by atoms with van der Waals surface area (Å²) in [4.78, 5) is 0.504. The minimum atomic E-state index is -3.53. The molecule has 0 radical (unpaired) electrons.